The highest BCUT2D eigenvalue weighted by Crippen LogP contribution is 2.38. The largest absolute Gasteiger partial charge is 0.501 e. The molecule has 0 aromatic heterocycles. The first-order valence-electron chi connectivity index (χ1n) is 18.8. The molecule has 2 atom stereocenters. The number of alkyl halides is 4. The van der Waals surface area contributed by atoms with Crippen molar-refractivity contribution in [2.24, 2.45) is 11.1 Å². The number of piperazine rings is 1. The number of rotatable bonds is 17. The van der Waals surface area contributed by atoms with Crippen molar-refractivity contribution >= 4 is 50.3 Å². The van der Waals surface area contributed by atoms with Crippen LogP contribution in [0.3, 0.4) is 0 Å². The lowest BCUT2D eigenvalue weighted by Gasteiger charge is -2.46. The predicted molar refractivity (Wildman–Crippen MR) is 221 cm³/mol. The third-order valence-corrected chi connectivity index (χ3v) is 19.2. The SMILES string of the molecule is CC(C)(C)[Si](O[C@@H](CF)CN1CCN(CC[C@H](CSc2ccccc2)Cc2ccc(S(N)(=O)=O)cc2S(=O)(=O)C(F)(F)F)CC1)(c1ccccc1)c1ccccc1. The standard InChI is InChI=1S/C41H51F4N3O5S3Si/c1-40(2,3)57(37-15-9-5-10-16-37,38-17-11-6-12-18-38)53-34(29-42)30-48-25-23-47(24-26-48)22-21-32(31-54-35-13-7-4-8-14-35)27-33-19-20-36(56(46,51)52)28-39(33)55(49,50)41(43,44)45/h4-20,28,32,34H,21-27,29-31H2,1-3H3,(H2,46,51,52)/t32-,34-/m0/s1. The third-order valence-electron chi connectivity index (χ3n) is 10.4. The van der Waals surface area contributed by atoms with E-state index in [9.17, 15) is 34.4 Å². The van der Waals surface area contributed by atoms with E-state index in [1.54, 1.807) is 0 Å². The number of sulfone groups is 1. The second kappa shape index (κ2) is 18.9. The molecule has 5 rings (SSSR count). The van der Waals surface area contributed by atoms with Gasteiger partial charge in [-0.15, -0.1) is 11.8 Å². The van der Waals surface area contributed by atoms with E-state index in [0.717, 1.165) is 27.4 Å². The Bertz CT molecular complexity index is 2080. The molecule has 2 N–H and O–H groups in total. The molecule has 1 aliphatic rings. The summed E-state index contributed by atoms with van der Waals surface area (Å²) in [5.74, 6) is 0.205. The van der Waals surface area contributed by atoms with Gasteiger partial charge in [0.25, 0.3) is 18.2 Å². The number of sulfonamides is 1. The van der Waals surface area contributed by atoms with Gasteiger partial charge < -0.3 is 9.33 Å². The fraction of sp³-hybridized carbons (Fsp3) is 0.415. The minimum atomic E-state index is -5.89. The van der Waals surface area contributed by atoms with Crippen molar-refractivity contribution in [3.8, 4) is 0 Å². The van der Waals surface area contributed by atoms with Crippen molar-refractivity contribution in [3.05, 3.63) is 115 Å². The number of hydrogen-bond donors (Lipinski definition) is 1. The molecule has 4 aromatic carbocycles. The Labute approximate surface area is 339 Å². The average Bonchev–Trinajstić information content (AvgIpc) is 3.17. The Morgan fingerprint density at radius 2 is 1.32 bits per heavy atom. The summed E-state index contributed by atoms with van der Waals surface area (Å²) in [4.78, 5) is 3.60. The first-order valence-corrected chi connectivity index (χ1v) is 24.7. The van der Waals surface area contributed by atoms with E-state index in [0.29, 0.717) is 57.5 Å². The topological polar surface area (TPSA) is 110 Å². The zero-order chi connectivity index (χ0) is 41.5. The van der Waals surface area contributed by atoms with Gasteiger partial charge >= 0.3 is 5.51 Å². The molecule has 8 nitrogen and oxygen atoms in total. The van der Waals surface area contributed by atoms with E-state index < -0.39 is 56.3 Å². The summed E-state index contributed by atoms with van der Waals surface area (Å²) < 4.78 is 113. The molecule has 1 aliphatic heterocycles. The third kappa shape index (κ3) is 11.1. The molecular weight excluding hydrogens is 815 g/mol. The molecule has 0 aliphatic carbocycles. The van der Waals surface area contributed by atoms with Crippen LogP contribution in [0.2, 0.25) is 5.04 Å². The summed E-state index contributed by atoms with van der Waals surface area (Å²) >= 11 is 1.51. The first kappa shape index (κ1) is 45.0. The molecule has 0 bridgehead atoms. The van der Waals surface area contributed by atoms with Crippen LogP contribution >= 0.6 is 11.8 Å². The molecule has 1 fully saturated rings. The van der Waals surface area contributed by atoms with Gasteiger partial charge in [0.2, 0.25) is 10.0 Å². The molecule has 0 unspecified atom stereocenters. The lowest BCUT2D eigenvalue weighted by Crippen LogP contribution is -2.68. The summed E-state index contributed by atoms with van der Waals surface area (Å²) in [6.07, 6.45) is -0.163. The van der Waals surface area contributed by atoms with Gasteiger partial charge in [0.05, 0.1) is 15.9 Å². The second-order valence-electron chi connectivity index (χ2n) is 15.4. The Kier molecular flexibility index (Phi) is 14.9. The average molecular weight is 866 g/mol. The molecule has 0 radical (unpaired) electrons. The molecular formula is C41H51F4N3O5S3Si. The van der Waals surface area contributed by atoms with Crippen molar-refractivity contribution in [1.82, 2.24) is 9.80 Å². The van der Waals surface area contributed by atoms with E-state index in [1.165, 1.54) is 11.8 Å². The number of thioether (sulfide) groups is 1. The second-order valence-corrected chi connectivity index (χ2v) is 24.3. The van der Waals surface area contributed by atoms with Crippen molar-refractivity contribution in [1.29, 1.82) is 0 Å². The summed E-state index contributed by atoms with van der Waals surface area (Å²) in [7, 11) is -13.3. The minimum Gasteiger partial charge on any atom is -0.400 e. The van der Waals surface area contributed by atoms with Crippen LogP contribution in [0.25, 0.3) is 0 Å². The van der Waals surface area contributed by atoms with Gasteiger partial charge in [-0.2, -0.15) is 13.2 Å². The maximum atomic E-state index is 15.0. The van der Waals surface area contributed by atoms with Gasteiger partial charge in [0.15, 0.2) is 0 Å². The highest BCUT2D eigenvalue weighted by atomic mass is 32.2. The molecule has 1 saturated heterocycles. The lowest BCUT2D eigenvalue weighted by atomic mass is 9.97. The van der Waals surface area contributed by atoms with Crippen LogP contribution in [0.5, 0.6) is 0 Å². The molecule has 57 heavy (non-hydrogen) atoms. The zero-order valence-corrected chi connectivity index (χ0v) is 35.8. The first-order chi connectivity index (χ1) is 26.8. The van der Waals surface area contributed by atoms with Crippen molar-refractivity contribution in [2.75, 3.05) is 51.7 Å². The smallest absolute Gasteiger partial charge is 0.400 e. The maximum absolute atomic E-state index is 15.0. The van der Waals surface area contributed by atoms with E-state index in [-0.39, 0.29) is 22.9 Å². The number of hydrogen-bond acceptors (Lipinski definition) is 8. The Balaban J connectivity index is 1.29. The molecule has 1 heterocycles. The highest BCUT2D eigenvalue weighted by molar-refractivity contribution is 7.99. The number of nitrogens with zero attached hydrogens (tertiary/aromatic N) is 2. The van der Waals surface area contributed by atoms with E-state index in [4.69, 9.17) is 9.56 Å². The van der Waals surface area contributed by atoms with Crippen LogP contribution in [0.15, 0.2) is 124 Å². The van der Waals surface area contributed by atoms with Crippen molar-refractivity contribution in [2.45, 2.75) is 64.9 Å². The number of benzene rings is 4. The van der Waals surface area contributed by atoms with Crippen LogP contribution < -0.4 is 15.5 Å². The van der Waals surface area contributed by atoms with Crippen LogP contribution in [0.4, 0.5) is 17.6 Å². The van der Waals surface area contributed by atoms with E-state index in [2.05, 4.69) is 54.8 Å². The molecule has 4 aromatic rings. The van der Waals surface area contributed by atoms with Gasteiger partial charge in [-0.3, -0.25) is 4.90 Å². The molecule has 310 valence electrons. The fourth-order valence-electron chi connectivity index (χ4n) is 7.45. The van der Waals surface area contributed by atoms with Gasteiger partial charge in [-0.05, 0) is 70.5 Å². The molecule has 16 heteroatoms. The molecule has 0 saturated carbocycles. The Hall–Kier alpha value is -3.09. The Morgan fingerprint density at radius 1 is 0.789 bits per heavy atom. The number of halogens is 4. The minimum absolute atomic E-state index is 0.0346. The van der Waals surface area contributed by atoms with Gasteiger partial charge in [-0.25, -0.2) is 26.4 Å². The van der Waals surface area contributed by atoms with Crippen LogP contribution in [-0.4, -0.2) is 98.3 Å². The highest BCUT2D eigenvalue weighted by Gasteiger charge is 2.52. The van der Waals surface area contributed by atoms with Crippen molar-refractivity contribution in [3.63, 3.8) is 0 Å². The van der Waals surface area contributed by atoms with Gasteiger partial charge in [0, 0.05) is 43.4 Å². The van der Waals surface area contributed by atoms with E-state index >= 15 is 0 Å². The summed E-state index contributed by atoms with van der Waals surface area (Å²) in [6.45, 7) is 9.51. The molecule has 0 amide bonds. The normalized spacial score (nSPS) is 16.4. The van der Waals surface area contributed by atoms with Gasteiger partial charge in [-0.1, -0.05) is 106 Å². The summed E-state index contributed by atoms with van der Waals surface area (Å²) in [5.41, 5.74) is -5.76. The summed E-state index contributed by atoms with van der Waals surface area (Å²) in [5, 5.41) is 7.02. The lowest BCUT2D eigenvalue weighted by molar-refractivity contribution is -0.0436. The predicted octanol–water partition coefficient (Wildman–Crippen LogP) is 6.50. The van der Waals surface area contributed by atoms with Crippen LogP contribution in [0, 0.1) is 5.92 Å². The summed E-state index contributed by atoms with van der Waals surface area (Å²) in [6, 6.07) is 32.4. The van der Waals surface area contributed by atoms with Crippen LogP contribution in [-0.2, 0) is 30.7 Å². The monoisotopic (exact) mass is 865 g/mol. The van der Waals surface area contributed by atoms with Crippen molar-refractivity contribution < 1.29 is 38.8 Å². The van der Waals surface area contributed by atoms with E-state index in [1.807, 2.05) is 66.7 Å². The quantitative estimate of drug-likeness (QED) is 0.0729. The zero-order valence-electron chi connectivity index (χ0n) is 32.4. The molecule has 0 spiro atoms. The number of primary sulfonamides is 1. The number of nitrogens with two attached hydrogens (primary N) is 1. The fourth-order valence-corrected chi connectivity index (χ4v) is 14.8. The van der Waals surface area contributed by atoms with Crippen LogP contribution in [0.1, 0.15) is 32.8 Å². The van der Waals surface area contributed by atoms with Gasteiger partial charge in [0.1, 0.15) is 6.67 Å². The Morgan fingerprint density at radius 3 is 1.81 bits per heavy atom. The maximum Gasteiger partial charge on any atom is 0.501 e.